The van der Waals surface area contributed by atoms with E-state index in [1.54, 1.807) is 0 Å². The maximum Gasteiger partial charge on any atom is -0.0332 e. The van der Waals surface area contributed by atoms with Crippen molar-refractivity contribution < 1.29 is 0 Å². The number of hydrogen-bond acceptors (Lipinski definition) is 0. The van der Waals surface area contributed by atoms with Gasteiger partial charge in [0.05, 0.1) is 0 Å². The van der Waals surface area contributed by atoms with Gasteiger partial charge in [-0.3, -0.25) is 0 Å². The van der Waals surface area contributed by atoms with Gasteiger partial charge in [0.2, 0.25) is 0 Å². The summed E-state index contributed by atoms with van der Waals surface area (Å²) >= 11 is 0. The Balaban J connectivity index is 3.11. The summed E-state index contributed by atoms with van der Waals surface area (Å²) in [5, 5.41) is 0. The fraction of sp³-hybridized carbons (Fsp3) is 0.750. The van der Waals surface area contributed by atoms with Crippen molar-refractivity contribution >= 4 is 0 Å². The minimum Gasteiger partial charge on any atom is -0.0599 e. The van der Waals surface area contributed by atoms with E-state index < -0.39 is 0 Å². The molecule has 0 aliphatic rings. The molecule has 48 valence electrons. The molecular formula is C8H16. The van der Waals surface area contributed by atoms with Gasteiger partial charge in [-0.25, -0.2) is 0 Å². The van der Waals surface area contributed by atoms with Crippen LogP contribution in [0.25, 0.3) is 0 Å². The number of hydrogen-bond donors (Lipinski definition) is 0. The standard InChI is InChI=1S/C8H16/c1-5-6-7-8(2,3)4/h7H,1,5-6H2,2-4H3. The summed E-state index contributed by atoms with van der Waals surface area (Å²) in [6.07, 6.45) is 4.47. The van der Waals surface area contributed by atoms with Crippen LogP contribution in [0.5, 0.6) is 0 Å². The van der Waals surface area contributed by atoms with E-state index in [0.29, 0.717) is 5.41 Å². The average molecular weight is 112 g/mol. The Hall–Kier alpha value is 0. The molecule has 0 aliphatic heterocycles. The van der Waals surface area contributed by atoms with Crippen LogP contribution in [0.15, 0.2) is 0 Å². The maximum absolute atomic E-state index is 3.76. The molecule has 0 unspecified atom stereocenters. The fourth-order valence-corrected chi connectivity index (χ4v) is 0.535. The van der Waals surface area contributed by atoms with E-state index >= 15 is 0 Å². The summed E-state index contributed by atoms with van der Waals surface area (Å²) in [5.74, 6) is 0. The van der Waals surface area contributed by atoms with Crippen molar-refractivity contribution in [1.82, 2.24) is 0 Å². The van der Waals surface area contributed by atoms with Crippen LogP contribution in [-0.2, 0) is 0 Å². The van der Waals surface area contributed by atoms with Gasteiger partial charge in [-0.2, -0.15) is 0 Å². The van der Waals surface area contributed by atoms with E-state index in [2.05, 4.69) is 34.1 Å². The van der Waals surface area contributed by atoms with Gasteiger partial charge in [-0.1, -0.05) is 34.1 Å². The molecule has 8 heavy (non-hydrogen) atoms. The molecule has 0 spiro atoms. The summed E-state index contributed by atoms with van der Waals surface area (Å²) in [6.45, 7) is 10.4. The minimum atomic E-state index is 0.387. The monoisotopic (exact) mass is 112 g/mol. The Morgan fingerprint density at radius 2 is 1.88 bits per heavy atom. The lowest BCUT2D eigenvalue weighted by Gasteiger charge is -2.15. The maximum atomic E-state index is 3.76. The topological polar surface area (TPSA) is 0 Å². The van der Waals surface area contributed by atoms with Gasteiger partial charge < -0.3 is 0 Å². The first-order valence-corrected chi connectivity index (χ1v) is 3.20. The molecule has 0 fully saturated rings. The van der Waals surface area contributed by atoms with E-state index in [4.69, 9.17) is 0 Å². The second-order valence-electron chi connectivity index (χ2n) is 3.21. The molecule has 0 heteroatoms. The lowest BCUT2D eigenvalue weighted by Crippen LogP contribution is -2.04. The van der Waals surface area contributed by atoms with Crippen LogP contribution in [0.3, 0.4) is 0 Å². The number of unbranched alkanes of at least 4 members (excludes halogenated alkanes) is 1. The SMILES string of the molecule is [CH2]CC[CH]C(C)(C)C. The van der Waals surface area contributed by atoms with Crippen LogP contribution in [0.4, 0.5) is 0 Å². The molecule has 0 N–H and O–H groups in total. The van der Waals surface area contributed by atoms with Crippen molar-refractivity contribution in [3.05, 3.63) is 13.3 Å². The van der Waals surface area contributed by atoms with Gasteiger partial charge in [0.15, 0.2) is 0 Å². The Morgan fingerprint density at radius 3 is 2.00 bits per heavy atom. The summed E-state index contributed by atoms with van der Waals surface area (Å²) in [6, 6.07) is 0. The first kappa shape index (κ1) is 8.00. The van der Waals surface area contributed by atoms with Crippen LogP contribution in [0.2, 0.25) is 0 Å². The van der Waals surface area contributed by atoms with Gasteiger partial charge in [-0.15, -0.1) is 0 Å². The van der Waals surface area contributed by atoms with Gasteiger partial charge >= 0.3 is 0 Å². The van der Waals surface area contributed by atoms with Gasteiger partial charge in [0.25, 0.3) is 0 Å². The fourth-order valence-electron chi connectivity index (χ4n) is 0.535. The Labute approximate surface area is 53.3 Å². The van der Waals surface area contributed by atoms with Gasteiger partial charge in [-0.05, 0) is 18.3 Å². The van der Waals surface area contributed by atoms with E-state index in [-0.39, 0.29) is 0 Å². The number of rotatable bonds is 2. The van der Waals surface area contributed by atoms with Crippen molar-refractivity contribution in [3.63, 3.8) is 0 Å². The highest BCUT2D eigenvalue weighted by atomic mass is 14.1. The molecule has 0 aromatic carbocycles. The summed E-state index contributed by atoms with van der Waals surface area (Å²) < 4.78 is 0. The average Bonchev–Trinajstić information content (AvgIpc) is 1.59. The van der Waals surface area contributed by atoms with E-state index in [0.717, 1.165) is 12.8 Å². The summed E-state index contributed by atoms with van der Waals surface area (Å²) in [4.78, 5) is 0. The Kier molecular flexibility index (Phi) is 3.11. The van der Waals surface area contributed by atoms with Gasteiger partial charge in [0, 0.05) is 0 Å². The second-order valence-corrected chi connectivity index (χ2v) is 3.21. The van der Waals surface area contributed by atoms with Crippen molar-refractivity contribution in [1.29, 1.82) is 0 Å². The zero-order chi connectivity index (χ0) is 6.62. The van der Waals surface area contributed by atoms with Crippen LogP contribution < -0.4 is 0 Å². The molecule has 0 atom stereocenters. The van der Waals surface area contributed by atoms with E-state index in [1.807, 2.05) is 0 Å². The highest BCUT2D eigenvalue weighted by Gasteiger charge is 2.07. The van der Waals surface area contributed by atoms with Crippen molar-refractivity contribution in [2.75, 3.05) is 0 Å². The normalized spacial score (nSPS) is 12.0. The zero-order valence-electron chi connectivity index (χ0n) is 6.20. The lowest BCUT2D eigenvalue weighted by molar-refractivity contribution is 0.474. The quantitative estimate of drug-likeness (QED) is 0.515. The first-order chi connectivity index (χ1) is 3.56. The molecule has 0 bridgehead atoms. The predicted octanol–water partition coefficient (Wildman–Crippen LogP) is 2.85. The third kappa shape index (κ3) is 6.00. The van der Waals surface area contributed by atoms with Crippen LogP contribution >= 0.6 is 0 Å². The van der Waals surface area contributed by atoms with Crippen LogP contribution in [0.1, 0.15) is 33.6 Å². The van der Waals surface area contributed by atoms with E-state index in [1.165, 1.54) is 0 Å². The summed E-state index contributed by atoms with van der Waals surface area (Å²) in [7, 11) is 0. The zero-order valence-corrected chi connectivity index (χ0v) is 6.20. The molecule has 2 radical (unpaired) electrons. The Bertz CT molecular complexity index is 47.5. The molecule has 0 saturated heterocycles. The molecule has 0 aromatic heterocycles. The molecule has 0 rings (SSSR count). The third-order valence-corrected chi connectivity index (χ3v) is 0.961. The lowest BCUT2D eigenvalue weighted by atomic mass is 9.90. The third-order valence-electron chi connectivity index (χ3n) is 0.961. The van der Waals surface area contributed by atoms with Crippen molar-refractivity contribution in [3.8, 4) is 0 Å². The smallest absolute Gasteiger partial charge is 0.0332 e. The van der Waals surface area contributed by atoms with E-state index in [9.17, 15) is 0 Å². The molecule has 0 saturated carbocycles. The molecule has 0 aliphatic carbocycles. The van der Waals surface area contributed by atoms with Gasteiger partial charge in [0.1, 0.15) is 0 Å². The molecule has 0 amide bonds. The second kappa shape index (κ2) is 3.11. The van der Waals surface area contributed by atoms with Crippen LogP contribution in [-0.4, -0.2) is 0 Å². The minimum absolute atomic E-state index is 0.387. The van der Waals surface area contributed by atoms with Crippen molar-refractivity contribution in [2.45, 2.75) is 33.6 Å². The summed E-state index contributed by atoms with van der Waals surface area (Å²) in [5.41, 5.74) is 0.387. The molecule has 0 nitrogen and oxygen atoms in total. The van der Waals surface area contributed by atoms with Crippen LogP contribution in [0, 0.1) is 18.8 Å². The largest absolute Gasteiger partial charge is 0.0599 e. The predicted molar refractivity (Wildman–Crippen MR) is 38.3 cm³/mol. The molecular weight excluding hydrogens is 96.1 g/mol. The van der Waals surface area contributed by atoms with Crippen molar-refractivity contribution in [2.24, 2.45) is 5.41 Å². The highest BCUT2D eigenvalue weighted by molar-refractivity contribution is 4.80. The Morgan fingerprint density at radius 1 is 1.38 bits per heavy atom. The highest BCUT2D eigenvalue weighted by Crippen LogP contribution is 2.19. The first-order valence-electron chi connectivity index (χ1n) is 3.20. The molecule has 0 heterocycles. The molecule has 0 aromatic rings.